The summed E-state index contributed by atoms with van der Waals surface area (Å²) in [4.78, 5) is 0. The molecule has 0 bridgehead atoms. The molecule has 2 aromatic carbocycles. The number of fused-ring (bicyclic) bond motifs is 1. The van der Waals surface area contributed by atoms with E-state index in [9.17, 15) is 8.42 Å². The topological polar surface area (TPSA) is 43.4 Å². The molecule has 0 aliphatic carbocycles. The summed E-state index contributed by atoms with van der Waals surface area (Å²) in [5.74, 6) is 0.751. The molecule has 122 valence electrons. The number of hydrogen-bond donors (Lipinski definition) is 0. The van der Waals surface area contributed by atoms with Crippen molar-refractivity contribution in [1.29, 1.82) is 0 Å². The van der Waals surface area contributed by atoms with Gasteiger partial charge in [-0.15, -0.1) is 10.3 Å². The van der Waals surface area contributed by atoms with E-state index in [1.807, 2.05) is 31.6 Å². The van der Waals surface area contributed by atoms with Crippen LogP contribution in [0.25, 0.3) is 10.8 Å². The van der Waals surface area contributed by atoms with Crippen molar-refractivity contribution in [1.82, 2.24) is 0 Å². The van der Waals surface area contributed by atoms with E-state index >= 15 is 0 Å². The summed E-state index contributed by atoms with van der Waals surface area (Å²) < 4.78 is 29.5. The van der Waals surface area contributed by atoms with Crippen LogP contribution in [0.2, 0.25) is 0 Å². The van der Waals surface area contributed by atoms with Gasteiger partial charge in [0, 0.05) is 5.75 Å². The maximum absolute atomic E-state index is 12.0. The van der Waals surface area contributed by atoms with Crippen LogP contribution in [-0.2, 0) is 19.5 Å². The van der Waals surface area contributed by atoms with Crippen molar-refractivity contribution in [3.8, 4) is 0 Å². The fourth-order valence-electron chi connectivity index (χ4n) is 2.39. The Bertz CT molecular complexity index is 736. The van der Waals surface area contributed by atoms with Crippen LogP contribution < -0.4 is 0 Å². The average Bonchev–Trinajstić information content (AvgIpc) is 2.43. The predicted molar refractivity (Wildman–Crippen MR) is 96.9 cm³/mol. The summed E-state index contributed by atoms with van der Waals surface area (Å²) in [5.41, 5.74) is 1.12. The second-order valence-corrected chi connectivity index (χ2v) is 11.2. The molecule has 0 spiro atoms. The summed E-state index contributed by atoms with van der Waals surface area (Å²) in [7, 11) is -5.11. The first-order valence-corrected chi connectivity index (χ1v) is 11.6. The van der Waals surface area contributed by atoms with Gasteiger partial charge in [-0.2, -0.15) is 8.42 Å². The van der Waals surface area contributed by atoms with Crippen LogP contribution in [0, 0.1) is 0 Å². The number of benzene rings is 2. The molecule has 0 aliphatic heterocycles. The molecular formula is C17H24O3S2. The average molecular weight is 341 g/mol. The zero-order valence-electron chi connectivity index (χ0n) is 13.4. The van der Waals surface area contributed by atoms with Crippen molar-refractivity contribution < 1.29 is 12.0 Å². The first kappa shape index (κ1) is 17.3. The van der Waals surface area contributed by atoms with E-state index in [1.54, 1.807) is 0 Å². The third-order valence-electron chi connectivity index (χ3n) is 3.36. The van der Waals surface area contributed by atoms with Crippen molar-refractivity contribution in [2.45, 2.75) is 25.5 Å². The molecule has 0 radical (unpaired) electrons. The Morgan fingerprint density at radius 2 is 1.68 bits per heavy atom. The Morgan fingerprint density at radius 3 is 2.36 bits per heavy atom. The third kappa shape index (κ3) is 5.00. The van der Waals surface area contributed by atoms with Crippen LogP contribution in [0.4, 0.5) is 0 Å². The van der Waals surface area contributed by atoms with Gasteiger partial charge in [0.25, 0.3) is 10.1 Å². The van der Waals surface area contributed by atoms with Gasteiger partial charge in [0.05, 0.1) is 5.75 Å². The van der Waals surface area contributed by atoms with Gasteiger partial charge in [-0.25, -0.2) is 3.63 Å². The summed E-state index contributed by atoms with van der Waals surface area (Å²) in [5, 5.41) is 2.36. The van der Waals surface area contributed by atoms with Crippen LogP contribution >= 0.6 is 10.3 Å². The lowest BCUT2D eigenvalue weighted by molar-refractivity contribution is 0.508. The number of hydrogen-bond acceptors (Lipinski definition) is 3. The van der Waals surface area contributed by atoms with Crippen molar-refractivity contribution in [2.24, 2.45) is 0 Å². The maximum atomic E-state index is 12.0. The van der Waals surface area contributed by atoms with Crippen LogP contribution in [0.3, 0.4) is 0 Å². The van der Waals surface area contributed by atoms with Gasteiger partial charge >= 0.3 is 0 Å². The largest absolute Gasteiger partial charge is 0.276 e. The third-order valence-corrected chi connectivity index (χ3v) is 7.48. The van der Waals surface area contributed by atoms with E-state index < -0.39 is 20.4 Å². The fourth-order valence-corrected chi connectivity index (χ4v) is 6.72. The lowest BCUT2D eigenvalue weighted by atomic mass is 10.1. The van der Waals surface area contributed by atoms with Crippen molar-refractivity contribution in [3.63, 3.8) is 0 Å². The molecule has 5 heteroatoms. The number of unbranched alkanes of at least 4 members (excludes halogenated alkanes) is 1. The van der Waals surface area contributed by atoms with E-state index in [0.29, 0.717) is 12.2 Å². The molecule has 0 unspecified atom stereocenters. The second kappa shape index (κ2) is 7.02. The predicted octanol–water partition coefficient (Wildman–Crippen LogP) is 4.47. The van der Waals surface area contributed by atoms with E-state index in [-0.39, 0.29) is 5.75 Å². The summed E-state index contributed by atoms with van der Waals surface area (Å²) >= 11 is 0. The lowest BCUT2D eigenvalue weighted by Crippen LogP contribution is -2.15. The normalized spacial score (nSPS) is 13.4. The Balaban J connectivity index is 2.12. The first-order valence-electron chi connectivity index (χ1n) is 7.44. The second-order valence-electron chi connectivity index (χ2n) is 5.95. The summed E-state index contributed by atoms with van der Waals surface area (Å²) in [6.07, 6.45) is 5.31. The molecule has 2 rings (SSSR count). The van der Waals surface area contributed by atoms with E-state index in [1.165, 1.54) is 10.8 Å². The highest BCUT2D eigenvalue weighted by molar-refractivity contribution is 8.31. The quantitative estimate of drug-likeness (QED) is 0.747. The van der Waals surface area contributed by atoms with Gasteiger partial charge in [0.15, 0.2) is 0 Å². The smallest absolute Gasteiger partial charge is 0.220 e. The molecule has 0 N–H and O–H groups in total. The molecule has 0 aliphatic rings. The highest BCUT2D eigenvalue weighted by atomic mass is 32.3. The molecule has 0 fully saturated rings. The van der Waals surface area contributed by atoms with Gasteiger partial charge in [-0.1, -0.05) is 55.8 Å². The minimum Gasteiger partial charge on any atom is -0.220 e. The van der Waals surface area contributed by atoms with Crippen molar-refractivity contribution >= 4 is 31.2 Å². The zero-order chi connectivity index (χ0) is 16.2. The van der Waals surface area contributed by atoms with Crippen LogP contribution in [-0.4, -0.2) is 26.7 Å². The Kier molecular flexibility index (Phi) is 5.53. The van der Waals surface area contributed by atoms with Crippen LogP contribution in [0.5, 0.6) is 0 Å². The molecule has 0 saturated heterocycles. The van der Waals surface area contributed by atoms with Crippen molar-refractivity contribution in [3.05, 3.63) is 48.0 Å². The highest BCUT2D eigenvalue weighted by Crippen LogP contribution is 2.46. The highest BCUT2D eigenvalue weighted by Gasteiger charge is 2.22. The van der Waals surface area contributed by atoms with Gasteiger partial charge in [-0.05, 0) is 35.3 Å². The standard InChI is InChI=1S/C17H24O3S2/c1-4-5-12-22(18,19)20-21(2,3)14-15-10-11-16-8-6-7-9-17(16)13-15/h6-11,13H,4-5,12,14H2,1-3H3. The van der Waals surface area contributed by atoms with Gasteiger partial charge in [-0.3, -0.25) is 0 Å². The molecule has 2 aromatic rings. The zero-order valence-corrected chi connectivity index (χ0v) is 15.0. The molecular weight excluding hydrogens is 316 g/mol. The molecule has 3 nitrogen and oxygen atoms in total. The lowest BCUT2D eigenvalue weighted by Gasteiger charge is -2.30. The summed E-state index contributed by atoms with van der Waals surface area (Å²) in [6, 6.07) is 14.4. The summed E-state index contributed by atoms with van der Waals surface area (Å²) in [6.45, 7) is 1.97. The Morgan fingerprint density at radius 1 is 1.00 bits per heavy atom. The molecule has 0 saturated carbocycles. The Labute approximate surface area is 135 Å². The molecule has 0 amide bonds. The van der Waals surface area contributed by atoms with E-state index in [0.717, 1.165) is 12.0 Å². The van der Waals surface area contributed by atoms with Gasteiger partial charge in [0.1, 0.15) is 0 Å². The molecule has 0 atom stereocenters. The monoisotopic (exact) mass is 340 g/mol. The molecule has 0 heterocycles. The minimum absolute atomic E-state index is 0.109. The first-order chi connectivity index (χ1) is 10.3. The van der Waals surface area contributed by atoms with Gasteiger partial charge < -0.3 is 0 Å². The van der Waals surface area contributed by atoms with Crippen LogP contribution in [0.1, 0.15) is 25.3 Å². The molecule has 0 aromatic heterocycles. The van der Waals surface area contributed by atoms with E-state index in [4.69, 9.17) is 3.63 Å². The maximum Gasteiger partial charge on any atom is 0.276 e. The van der Waals surface area contributed by atoms with E-state index in [2.05, 4.69) is 30.3 Å². The minimum atomic E-state index is -3.43. The van der Waals surface area contributed by atoms with Crippen LogP contribution in [0.15, 0.2) is 42.5 Å². The van der Waals surface area contributed by atoms with Crippen molar-refractivity contribution in [2.75, 3.05) is 18.3 Å². The Hall–Kier alpha value is -1.04. The number of rotatable bonds is 7. The van der Waals surface area contributed by atoms with Gasteiger partial charge in [0.2, 0.25) is 0 Å². The fraction of sp³-hybridized carbons (Fsp3) is 0.412. The molecule has 22 heavy (non-hydrogen) atoms. The SMILES string of the molecule is CCCCS(=O)(=O)OS(C)(C)Cc1ccc2ccccc2c1.